The first-order valence-electron chi connectivity index (χ1n) is 9.90. The second kappa shape index (κ2) is 13.3. The standard InChI is InChI=1S/C21H31N7O2.H3N/c1-3-16-10-17(18-5-7-21(25-12-18)27-15(2)11-22)4-6-20(16)28(30)14-19(29)13-24-8-9-26-23;/h4-10,12,15,19,29-30H,3,11,13-14,22-23H2,1-2H3,(H,25,27);1H3/b24-8?,26-9-;. The number of rotatable bonds is 11. The number of hydrogen-bond donors (Lipinski definition) is 6. The van der Waals surface area contributed by atoms with Crippen LogP contribution in [0.4, 0.5) is 11.5 Å². The van der Waals surface area contributed by atoms with Crippen molar-refractivity contribution in [3.63, 3.8) is 0 Å². The number of nitrogens with two attached hydrogens (primary N) is 2. The second-order valence-corrected chi connectivity index (χ2v) is 6.96. The average molecular weight is 431 g/mol. The zero-order valence-corrected chi connectivity index (χ0v) is 18.1. The number of aryl methyl sites for hydroxylation is 1. The first-order chi connectivity index (χ1) is 14.5. The molecule has 2 unspecified atom stereocenters. The van der Waals surface area contributed by atoms with Crippen LogP contribution in [0.25, 0.3) is 11.1 Å². The maximum atomic E-state index is 10.5. The molecule has 0 spiro atoms. The van der Waals surface area contributed by atoms with Gasteiger partial charge in [-0.05, 0) is 48.7 Å². The van der Waals surface area contributed by atoms with Gasteiger partial charge in [-0.15, -0.1) is 0 Å². The summed E-state index contributed by atoms with van der Waals surface area (Å²) >= 11 is 0. The van der Waals surface area contributed by atoms with Crippen LogP contribution >= 0.6 is 0 Å². The predicted octanol–water partition coefficient (Wildman–Crippen LogP) is 1.80. The van der Waals surface area contributed by atoms with E-state index in [0.717, 1.165) is 34.0 Å². The number of aromatic nitrogens is 1. The Bertz CT molecular complexity index is 842. The molecule has 0 radical (unpaired) electrons. The van der Waals surface area contributed by atoms with Crippen molar-refractivity contribution in [1.29, 1.82) is 0 Å². The minimum Gasteiger partial charge on any atom is -0.389 e. The molecule has 0 saturated heterocycles. The summed E-state index contributed by atoms with van der Waals surface area (Å²) in [6, 6.07) is 9.86. The van der Waals surface area contributed by atoms with Gasteiger partial charge in [-0.2, -0.15) is 5.10 Å². The van der Waals surface area contributed by atoms with Crippen LogP contribution in [0.1, 0.15) is 19.4 Å². The van der Waals surface area contributed by atoms with E-state index in [0.29, 0.717) is 12.2 Å². The van der Waals surface area contributed by atoms with Crippen LogP contribution < -0.4 is 28.1 Å². The Labute approximate surface area is 183 Å². The summed E-state index contributed by atoms with van der Waals surface area (Å²) in [6.07, 6.45) is 4.43. The molecular weight excluding hydrogens is 396 g/mol. The largest absolute Gasteiger partial charge is 0.389 e. The molecule has 0 aliphatic heterocycles. The van der Waals surface area contributed by atoms with Crippen LogP contribution in [-0.4, -0.2) is 59.5 Å². The van der Waals surface area contributed by atoms with Crippen LogP contribution in [0.15, 0.2) is 46.6 Å². The highest BCUT2D eigenvalue weighted by Gasteiger charge is 2.14. The highest BCUT2D eigenvalue weighted by Crippen LogP contribution is 2.28. The number of nitrogens with zero attached hydrogens (tertiary/aromatic N) is 4. The summed E-state index contributed by atoms with van der Waals surface area (Å²) in [5, 5.41) is 28.1. The fourth-order valence-corrected chi connectivity index (χ4v) is 2.89. The van der Waals surface area contributed by atoms with E-state index in [1.807, 2.05) is 50.4 Å². The molecule has 170 valence electrons. The van der Waals surface area contributed by atoms with Gasteiger partial charge in [0.2, 0.25) is 0 Å². The number of aliphatic hydroxyl groups is 1. The van der Waals surface area contributed by atoms with Gasteiger partial charge in [-0.25, -0.2) is 4.98 Å². The second-order valence-electron chi connectivity index (χ2n) is 6.96. The number of hydroxylamine groups is 1. The Balaban J connectivity index is 0.00000480. The van der Waals surface area contributed by atoms with Gasteiger partial charge >= 0.3 is 0 Å². The third kappa shape index (κ3) is 7.95. The molecule has 1 aromatic heterocycles. The number of aliphatic hydroxyl groups excluding tert-OH is 1. The van der Waals surface area contributed by atoms with Crippen molar-refractivity contribution in [3.05, 3.63) is 42.1 Å². The fourth-order valence-electron chi connectivity index (χ4n) is 2.89. The third-order valence-corrected chi connectivity index (χ3v) is 4.54. The Morgan fingerprint density at radius 2 is 1.97 bits per heavy atom. The molecule has 10 N–H and O–H groups in total. The van der Waals surface area contributed by atoms with E-state index >= 15 is 0 Å². The van der Waals surface area contributed by atoms with Crippen LogP contribution in [-0.2, 0) is 6.42 Å². The van der Waals surface area contributed by atoms with Gasteiger partial charge in [-0.3, -0.25) is 15.3 Å². The normalized spacial score (nSPS) is 13.2. The molecule has 0 fully saturated rings. The molecule has 0 saturated carbocycles. The Morgan fingerprint density at radius 1 is 1.23 bits per heavy atom. The van der Waals surface area contributed by atoms with Gasteiger partial charge in [0, 0.05) is 30.6 Å². The van der Waals surface area contributed by atoms with Crippen molar-refractivity contribution >= 4 is 23.9 Å². The quantitative estimate of drug-likeness (QED) is 0.177. The molecule has 2 aromatic rings. The maximum Gasteiger partial charge on any atom is 0.126 e. The summed E-state index contributed by atoms with van der Waals surface area (Å²) in [7, 11) is 0. The lowest BCUT2D eigenvalue weighted by Gasteiger charge is -2.23. The molecule has 0 bridgehead atoms. The number of aliphatic imine (C=N–C) groups is 1. The molecule has 2 atom stereocenters. The molecular formula is C21H34N8O2. The van der Waals surface area contributed by atoms with Gasteiger partial charge in [0.15, 0.2) is 0 Å². The summed E-state index contributed by atoms with van der Waals surface area (Å²) in [5.41, 5.74) is 9.21. The van der Waals surface area contributed by atoms with Crippen LogP contribution in [0, 0.1) is 0 Å². The number of hydrazone groups is 1. The molecule has 0 aliphatic carbocycles. The van der Waals surface area contributed by atoms with Gasteiger partial charge < -0.3 is 28.2 Å². The smallest absolute Gasteiger partial charge is 0.126 e. The molecule has 1 aromatic carbocycles. The van der Waals surface area contributed by atoms with Gasteiger partial charge in [0.25, 0.3) is 0 Å². The highest BCUT2D eigenvalue weighted by atomic mass is 16.5. The SMILES string of the molecule is CCc1cc(-c2ccc(NC(C)CN)nc2)ccc1N(O)CC(O)CN=C/C=N\N.N. The molecule has 10 nitrogen and oxygen atoms in total. The summed E-state index contributed by atoms with van der Waals surface area (Å²) in [6.45, 7) is 4.72. The molecule has 31 heavy (non-hydrogen) atoms. The Kier molecular flexibility index (Phi) is 11.1. The van der Waals surface area contributed by atoms with Crippen molar-refractivity contribution in [2.45, 2.75) is 32.4 Å². The Morgan fingerprint density at radius 3 is 2.58 bits per heavy atom. The van der Waals surface area contributed by atoms with E-state index in [9.17, 15) is 10.3 Å². The lowest BCUT2D eigenvalue weighted by atomic mass is 10.0. The zero-order chi connectivity index (χ0) is 21.9. The number of pyridine rings is 1. The predicted molar refractivity (Wildman–Crippen MR) is 127 cm³/mol. The fraction of sp³-hybridized carbons (Fsp3) is 0.381. The number of nitrogens with one attached hydrogen (secondary N) is 1. The minimum atomic E-state index is -0.832. The number of hydrogen-bond acceptors (Lipinski definition) is 10. The molecule has 0 amide bonds. The van der Waals surface area contributed by atoms with Gasteiger partial charge in [0.05, 0.1) is 31.1 Å². The van der Waals surface area contributed by atoms with Gasteiger partial charge in [-0.1, -0.05) is 13.0 Å². The van der Waals surface area contributed by atoms with E-state index in [1.54, 1.807) is 0 Å². The monoisotopic (exact) mass is 430 g/mol. The van der Waals surface area contributed by atoms with Crippen molar-refractivity contribution in [2.75, 3.05) is 30.0 Å². The lowest BCUT2D eigenvalue weighted by molar-refractivity contribution is 0.143. The van der Waals surface area contributed by atoms with Crippen molar-refractivity contribution in [3.8, 4) is 11.1 Å². The minimum absolute atomic E-state index is 0. The maximum absolute atomic E-state index is 10.5. The number of anilines is 2. The molecule has 2 rings (SSSR count). The van der Waals surface area contributed by atoms with E-state index in [2.05, 4.69) is 20.4 Å². The van der Waals surface area contributed by atoms with E-state index in [4.69, 9.17) is 11.6 Å². The first kappa shape index (κ1) is 26.0. The highest BCUT2D eigenvalue weighted by molar-refractivity contribution is 6.15. The third-order valence-electron chi connectivity index (χ3n) is 4.54. The summed E-state index contributed by atoms with van der Waals surface area (Å²) in [5.74, 6) is 5.75. The summed E-state index contributed by atoms with van der Waals surface area (Å²) in [4.78, 5) is 8.42. The number of benzene rings is 1. The average Bonchev–Trinajstić information content (AvgIpc) is 2.76. The van der Waals surface area contributed by atoms with Crippen molar-refractivity contribution in [1.82, 2.24) is 11.1 Å². The first-order valence-corrected chi connectivity index (χ1v) is 9.90. The van der Waals surface area contributed by atoms with Crippen LogP contribution in [0.2, 0.25) is 0 Å². The van der Waals surface area contributed by atoms with Crippen molar-refractivity contribution in [2.24, 2.45) is 21.7 Å². The van der Waals surface area contributed by atoms with E-state index in [1.165, 1.54) is 12.4 Å². The van der Waals surface area contributed by atoms with Crippen LogP contribution in [0.5, 0.6) is 0 Å². The molecule has 1 heterocycles. The molecule has 0 aliphatic rings. The van der Waals surface area contributed by atoms with Gasteiger partial charge in [0.1, 0.15) is 5.82 Å². The van der Waals surface area contributed by atoms with E-state index < -0.39 is 6.10 Å². The topological polar surface area (TPSA) is 180 Å². The molecule has 10 heteroatoms. The zero-order valence-electron chi connectivity index (χ0n) is 18.1. The van der Waals surface area contributed by atoms with Crippen LogP contribution in [0.3, 0.4) is 0 Å². The lowest BCUT2D eigenvalue weighted by Crippen LogP contribution is -2.32. The summed E-state index contributed by atoms with van der Waals surface area (Å²) < 4.78 is 0. The van der Waals surface area contributed by atoms with Crippen molar-refractivity contribution < 1.29 is 10.3 Å². The Hall–Kier alpha value is -3.05. The van der Waals surface area contributed by atoms with E-state index in [-0.39, 0.29) is 25.3 Å².